The van der Waals surface area contributed by atoms with Crippen molar-refractivity contribution in [2.24, 2.45) is 0 Å². The molecule has 0 amide bonds. The number of thiazole rings is 1. The molecular weight excluding hydrogens is 360 g/mol. The maximum Gasteiger partial charge on any atom is 0.134 e. The molecule has 2 aromatic carbocycles. The van der Waals surface area contributed by atoms with Crippen LogP contribution >= 0.6 is 11.3 Å². The third-order valence-corrected chi connectivity index (χ3v) is 4.84. The minimum Gasteiger partial charge on any atom is -0.497 e. The molecule has 1 aromatic heterocycles. The Kier molecular flexibility index (Phi) is 5.74. The van der Waals surface area contributed by atoms with Crippen molar-refractivity contribution in [1.29, 1.82) is 5.26 Å². The van der Waals surface area contributed by atoms with E-state index in [0.29, 0.717) is 22.1 Å². The number of ether oxygens (including phenoxy) is 3. The van der Waals surface area contributed by atoms with Gasteiger partial charge in [0.05, 0.1) is 32.6 Å². The number of hydrogen-bond donors (Lipinski definition) is 0. The molecule has 0 unspecified atom stereocenters. The third kappa shape index (κ3) is 4.10. The summed E-state index contributed by atoms with van der Waals surface area (Å²) in [6.45, 7) is 0. The second-order valence-corrected chi connectivity index (χ2v) is 6.41. The highest BCUT2D eigenvalue weighted by Crippen LogP contribution is 2.31. The lowest BCUT2D eigenvalue weighted by molar-refractivity contribution is 0.394. The number of aromatic nitrogens is 1. The first-order valence-corrected chi connectivity index (χ1v) is 9.00. The van der Waals surface area contributed by atoms with E-state index in [4.69, 9.17) is 14.2 Å². The van der Waals surface area contributed by atoms with Crippen LogP contribution in [-0.4, -0.2) is 26.3 Å². The zero-order valence-electron chi connectivity index (χ0n) is 15.2. The Bertz CT molecular complexity index is 1020. The average Bonchev–Trinajstić information content (AvgIpc) is 3.22. The summed E-state index contributed by atoms with van der Waals surface area (Å²) in [6, 6.07) is 15.4. The third-order valence-electron chi connectivity index (χ3n) is 3.96. The van der Waals surface area contributed by atoms with Gasteiger partial charge in [0, 0.05) is 22.6 Å². The SMILES string of the molecule is COc1cccc(-c2csc(C(C#N)=Cc3ccc(OC)cc3OC)n2)c1. The summed E-state index contributed by atoms with van der Waals surface area (Å²) in [5.74, 6) is 2.09. The number of methoxy groups -OCH3 is 3. The molecule has 3 aromatic rings. The van der Waals surface area contributed by atoms with Crippen molar-refractivity contribution >= 4 is 23.0 Å². The second kappa shape index (κ2) is 8.39. The zero-order valence-corrected chi connectivity index (χ0v) is 16.0. The van der Waals surface area contributed by atoms with Crippen LogP contribution in [0.4, 0.5) is 0 Å². The molecule has 6 heteroatoms. The summed E-state index contributed by atoms with van der Waals surface area (Å²) in [7, 11) is 4.81. The number of allylic oxidation sites excluding steroid dienone is 1. The van der Waals surface area contributed by atoms with Gasteiger partial charge in [-0.25, -0.2) is 4.98 Å². The first kappa shape index (κ1) is 18.5. The number of nitrogens with zero attached hydrogens (tertiary/aromatic N) is 2. The van der Waals surface area contributed by atoms with Crippen molar-refractivity contribution in [2.45, 2.75) is 0 Å². The van der Waals surface area contributed by atoms with Gasteiger partial charge in [0.2, 0.25) is 0 Å². The first-order valence-electron chi connectivity index (χ1n) is 8.12. The summed E-state index contributed by atoms with van der Waals surface area (Å²) in [4.78, 5) is 4.62. The van der Waals surface area contributed by atoms with E-state index in [9.17, 15) is 5.26 Å². The Balaban J connectivity index is 1.96. The lowest BCUT2D eigenvalue weighted by Gasteiger charge is -2.07. The molecule has 0 saturated carbocycles. The Labute approximate surface area is 162 Å². The Hall–Kier alpha value is -3.30. The van der Waals surface area contributed by atoms with Crippen LogP contribution in [0.25, 0.3) is 22.9 Å². The fraction of sp³-hybridized carbons (Fsp3) is 0.143. The molecule has 0 fully saturated rings. The lowest BCUT2D eigenvalue weighted by Crippen LogP contribution is -1.90. The summed E-state index contributed by atoms with van der Waals surface area (Å²) in [5, 5.41) is 12.2. The highest BCUT2D eigenvalue weighted by molar-refractivity contribution is 7.11. The fourth-order valence-electron chi connectivity index (χ4n) is 2.55. The largest absolute Gasteiger partial charge is 0.497 e. The summed E-state index contributed by atoms with van der Waals surface area (Å²) in [5.41, 5.74) is 3.00. The fourth-order valence-corrected chi connectivity index (χ4v) is 3.34. The second-order valence-electron chi connectivity index (χ2n) is 5.55. The minimum absolute atomic E-state index is 0.470. The van der Waals surface area contributed by atoms with Crippen LogP contribution in [-0.2, 0) is 0 Å². The van der Waals surface area contributed by atoms with Gasteiger partial charge in [-0.15, -0.1) is 11.3 Å². The molecule has 1 heterocycles. The molecular formula is C21H18N2O3S. The topological polar surface area (TPSA) is 64.4 Å². The number of rotatable bonds is 6. The van der Waals surface area contributed by atoms with Crippen LogP contribution in [0, 0.1) is 11.3 Å². The maximum absolute atomic E-state index is 9.63. The van der Waals surface area contributed by atoms with Gasteiger partial charge in [0.1, 0.15) is 28.3 Å². The van der Waals surface area contributed by atoms with E-state index in [1.165, 1.54) is 11.3 Å². The predicted octanol–water partition coefficient (Wildman–Crippen LogP) is 4.90. The maximum atomic E-state index is 9.63. The average molecular weight is 378 g/mol. The molecule has 0 saturated heterocycles. The monoisotopic (exact) mass is 378 g/mol. The molecule has 0 atom stereocenters. The van der Waals surface area contributed by atoms with E-state index in [0.717, 1.165) is 22.6 Å². The van der Waals surface area contributed by atoms with Crippen molar-refractivity contribution in [3.05, 3.63) is 58.4 Å². The van der Waals surface area contributed by atoms with E-state index < -0.39 is 0 Å². The molecule has 0 aliphatic rings. The van der Waals surface area contributed by atoms with Crippen LogP contribution in [0.15, 0.2) is 47.8 Å². The van der Waals surface area contributed by atoms with E-state index >= 15 is 0 Å². The number of hydrogen-bond acceptors (Lipinski definition) is 6. The van der Waals surface area contributed by atoms with Gasteiger partial charge in [-0.05, 0) is 30.3 Å². The molecule has 0 radical (unpaired) electrons. The molecule has 0 aliphatic carbocycles. The van der Waals surface area contributed by atoms with Gasteiger partial charge >= 0.3 is 0 Å². The van der Waals surface area contributed by atoms with E-state index in [2.05, 4.69) is 11.1 Å². The smallest absolute Gasteiger partial charge is 0.134 e. The van der Waals surface area contributed by atoms with Crippen molar-refractivity contribution in [3.8, 4) is 34.6 Å². The highest BCUT2D eigenvalue weighted by atomic mass is 32.1. The van der Waals surface area contributed by atoms with Crippen molar-refractivity contribution in [1.82, 2.24) is 4.98 Å². The molecule has 0 N–H and O–H groups in total. The number of nitriles is 1. The van der Waals surface area contributed by atoms with Crippen molar-refractivity contribution in [3.63, 3.8) is 0 Å². The molecule has 0 aliphatic heterocycles. The van der Waals surface area contributed by atoms with Gasteiger partial charge in [0.25, 0.3) is 0 Å². The van der Waals surface area contributed by atoms with Crippen molar-refractivity contribution < 1.29 is 14.2 Å². The normalized spacial score (nSPS) is 11.0. The van der Waals surface area contributed by atoms with Gasteiger partial charge in [-0.3, -0.25) is 0 Å². The summed E-state index contributed by atoms with van der Waals surface area (Å²) < 4.78 is 15.9. The Morgan fingerprint density at radius 2 is 1.81 bits per heavy atom. The quantitative estimate of drug-likeness (QED) is 0.571. The Morgan fingerprint density at radius 3 is 2.52 bits per heavy atom. The standard InChI is InChI=1S/C21H18N2O3S/c1-24-17-6-4-5-14(10-17)19-13-27-21(23-19)16(12-22)9-15-7-8-18(25-2)11-20(15)26-3/h4-11,13H,1-3H3. The van der Waals surface area contributed by atoms with Crippen LogP contribution in [0.1, 0.15) is 10.6 Å². The molecule has 27 heavy (non-hydrogen) atoms. The predicted molar refractivity (Wildman–Crippen MR) is 107 cm³/mol. The molecule has 3 rings (SSSR count). The van der Waals surface area contributed by atoms with E-state index in [1.807, 2.05) is 41.8 Å². The highest BCUT2D eigenvalue weighted by Gasteiger charge is 2.11. The molecule has 5 nitrogen and oxygen atoms in total. The van der Waals surface area contributed by atoms with Crippen LogP contribution in [0.3, 0.4) is 0 Å². The van der Waals surface area contributed by atoms with Gasteiger partial charge < -0.3 is 14.2 Å². The van der Waals surface area contributed by atoms with Crippen LogP contribution in [0.2, 0.25) is 0 Å². The van der Waals surface area contributed by atoms with Crippen molar-refractivity contribution in [2.75, 3.05) is 21.3 Å². The molecule has 0 bridgehead atoms. The lowest BCUT2D eigenvalue weighted by atomic mass is 10.1. The van der Waals surface area contributed by atoms with E-state index in [-0.39, 0.29) is 0 Å². The Morgan fingerprint density at radius 1 is 1.04 bits per heavy atom. The van der Waals surface area contributed by atoms with Gasteiger partial charge in [-0.2, -0.15) is 5.26 Å². The number of benzene rings is 2. The van der Waals surface area contributed by atoms with Gasteiger partial charge in [-0.1, -0.05) is 12.1 Å². The van der Waals surface area contributed by atoms with E-state index in [1.54, 1.807) is 33.5 Å². The summed E-state index contributed by atoms with van der Waals surface area (Å²) in [6.07, 6.45) is 1.77. The van der Waals surface area contributed by atoms with Crippen LogP contribution < -0.4 is 14.2 Å². The molecule has 0 spiro atoms. The first-order chi connectivity index (χ1) is 13.2. The van der Waals surface area contributed by atoms with Crippen LogP contribution in [0.5, 0.6) is 17.2 Å². The zero-order chi connectivity index (χ0) is 19.2. The van der Waals surface area contributed by atoms with Gasteiger partial charge in [0.15, 0.2) is 0 Å². The molecule has 136 valence electrons. The minimum atomic E-state index is 0.470. The summed E-state index contributed by atoms with van der Waals surface area (Å²) >= 11 is 1.42.